The Bertz CT molecular complexity index is 536. The quantitative estimate of drug-likeness (QED) is 0.866. The predicted molar refractivity (Wildman–Crippen MR) is 94.0 cm³/mol. The zero-order valence-corrected chi connectivity index (χ0v) is 15.1. The lowest BCUT2D eigenvalue weighted by Crippen LogP contribution is -2.47. The van der Waals surface area contributed by atoms with Gasteiger partial charge >= 0.3 is 0 Å². The maximum absolute atomic E-state index is 5.65. The monoisotopic (exact) mass is 380 g/mol. The van der Waals surface area contributed by atoms with Crippen LogP contribution in [0.3, 0.4) is 0 Å². The molecule has 1 saturated carbocycles. The molecule has 1 N–H and O–H groups in total. The summed E-state index contributed by atoms with van der Waals surface area (Å²) in [5.41, 5.74) is 1.38. The third-order valence-electron chi connectivity index (χ3n) is 5.45. The van der Waals surface area contributed by atoms with Crippen molar-refractivity contribution in [2.24, 2.45) is 5.92 Å². The molecule has 1 saturated heterocycles. The van der Waals surface area contributed by atoms with Crippen molar-refractivity contribution in [2.75, 3.05) is 33.0 Å². The fraction of sp³-hybridized carbons (Fsp3) is 0.667. The highest BCUT2D eigenvalue weighted by molar-refractivity contribution is 9.10. The van der Waals surface area contributed by atoms with E-state index in [-0.39, 0.29) is 0 Å². The van der Waals surface area contributed by atoms with Crippen LogP contribution in [0.4, 0.5) is 0 Å². The van der Waals surface area contributed by atoms with Crippen LogP contribution < -0.4 is 14.8 Å². The summed E-state index contributed by atoms with van der Waals surface area (Å²) in [5.74, 6) is 2.51. The molecule has 5 heteroatoms. The SMILES string of the molecule is Brc1cc2c(cc1[C@H](C1CCCCC1)N1CCNCC1)OCO2. The standard InChI is InChI=1S/C18H25BrN2O2/c19-15-11-17-16(22-12-23-17)10-14(15)18(13-4-2-1-3-5-13)21-8-6-20-7-9-21/h10-11,13,18,20H,1-9,12H2/t18-/m0/s1. The topological polar surface area (TPSA) is 33.7 Å². The van der Waals surface area contributed by atoms with Gasteiger partial charge in [0.15, 0.2) is 11.5 Å². The summed E-state index contributed by atoms with van der Waals surface area (Å²) in [4.78, 5) is 2.68. The number of nitrogens with zero attached hydrogens (tertiary/aromatic N) is 1. The van der Waals surface area contributed by atoms with Crippen molar-refractivity contribution >= 4 is 15.9 Å². The maximum Gasteiger partial charge on any atom is 0.231 e. The molecular formula is C18H25BrN2O2. The number of ether oxygens (including phenoxy) is 2. The molecule has 0 bridgehead atoms. The molecule has 1 atom stereocenters. The summed E-state index contributed by atoms with van der Waals surface area (Å²) in [6, 6.07) is 4.80. The Morgan fingerprint density at radius 2 is 1.74 bits per heavy atom. The van der Waals surface area contributed by atoms with Gasteiger partial charge in [0, 0.05) is 36.7 Å². The Balaban J connectivity index is 1.68. The van der Waals surface area contributed by atoms with Crippen molar-refractivity contribution in [1.82, 2.24) is 10.2 Å². The number of fused-ring (bicyclic) bond motifs is 1. The van der Waals surface area contributed by atoms with Crippen molar-refractivity contribution in [2.45, 2.75) is 38.1 Å². The largest absolute Gasteiger partial charge is 0.454 e. The summed E-state index contributed by atoms with van der Waals surface area (Å²) in [6.45, 7) is 4.77. The zero-order chi connectivity index (χ0) is 15.6. The molecule has 4 rings (SSSR count). The molecule has 3 aliphatic rings. The van der Waals surface area contributed by atoms with Gasteiger partial charge in [-0.05, 0) is 36.5 Å². The highest BCUT2D eigenvalue weighted by Crippen LogP contribution is 2.45. The fourth-order valence-corrected chi connectivity index (χ4v) is 4.88. The van der Waals surface area contributed by atoms with E-state index in [1.807, 2.05) is 0 Å². The van der Waals surface area contributed by atoms with Crippen LogP contribution in [-0.4, -0.2) is 37.9 Å². The number of piperazine rings is 1. The predicted octanol–water partition coefficient (Wildman–Crippen LogP) is 3.70. The second-order valence-electron chi connectivity index (χ2n) is 6.86. The van der Waals surface area contributed by atoms with Crippen molar-refractivity contribution in [3.05, 3.63) is 22.2 Å². The molecule has 2 fully saturated rings. The number of rotatable bonds is 3. The Morgan fingerprint density at radius 1 is 1.04 bits per heavy atom. The fourth-order valence-electron chi connectivity index (χ4n) is 4.32. The van der Waals surface area contributed by atoms with E-state index in [1.54, 1.807) is 0 Å². The molecule has 23 heavy (non-hydrogen) atoms. The van der Waals surface area contributed by atoms with E-state index in [1.165, 1.54) is 37.7 Å². The lowest BCUT2D eigenvalue weighted by Gasteiger charge is -2.41. The average molecular weight is 381 g/mol. The number of nitrogens with one attached hydrogen (secondary N) is 1. The Kier molecular flexibility index (Phi) is 4.78. The van der Waals surface area contributed by atoms with Gasteiger partial charge in [-0.3, -0.25) is 4.90 Å². The second kappa shape index (κ2) is 6.99. The van der Waals surface area contributed by atoms with E-state index in [0.29, 0.717) is 12.8 Å². The summed E-state index contributed by atoms with van der Waals surface area (Å²) in [6.07, 6.45) is 6.82. The molecule has 0 unspecified atom stereocenters. The molecule has 2 heterocycles. The van der Waals surface area contributed by atoms with Crippen LogP contribution in [-0.2, 0) is 0 Å². The second-order valence-corrected chi connectivity index (χ2v) is 7.71. The van der Waals surface area contributed by atoms with Crippen molar-refractivity contribution in [3.63, 3.8) is 0 Å². The van der Waals surface area contributed by atoms with Gasteiger partial charge in [-0.25, -0.2) is 0 Å². The zero-order valence-electron chi connectivity index (χ0n) is 13.5. The molecule has 2 aliphatic heterocycles. The smallest absolute Gasteiger partial charge is 0.231 e. The summed E-state index contributed by atoms with van der Waals surface area (Å²) in [5, 5.41) is 3.48. The molecule has 1 aromatic rings. The molecule has 0 aromatic heterocycles. The third-order valence-corrected chi connectivity index (χ3v) is 6.14. The molecule has 1 aliphatic carbocycles. The number of hydrogen-bond donors (Lipinski definition) is 1. The summed E-state index contributed by atoms with van der Waals surface area (Å²) in [7, 11) is 0. The Hall–Kier alpha value is -0.780. The van der Waals surface area contributed by atoms with Gasteiger partial charge in [-0.2, -0.15) is 0 Å². The minimum atomic E-state index is 0.340. The highest BCUT2D eigenvalue weighted by Gasteiger charge is 2.33. The van der Waals surface area contributed by atoms with E-state index in [2.05, 4.69) is 38.3 Å². The van der Waals surface area contributed by atoms with Crippen molar-refractivity contribution in [3.8, 4) is 11.5 Å². The van der Waals surface area contributed by atoms with Gasteiger partial charge < -0.3 is 14.8 Å². The van der Waals surface area contributed by atoms with Crippen LogP contribution in [0.5, 0.6) is 11.5 Å². The number of benzene rings is 1. The van der Waals surface area contributed by atoms with E-state index in [9.17, 15) is 0 Å². The number of hydrogen-bond acceptors (Lipinski definition) is 4. The van der Waals surface area contributed by atoms with Crippen LogP contribution in [0.15, 0.2) is 16.6 Å². The summed E-state index contributed by atoms with van der Waals surface area (Å²) >= 11 is 3.81. The minimum Gasteiger partial charge on any atom is -0.454 e. The molecular weight excluding hydrogens is 356 g/mol. The van der Waals surface area contributed by atoms with E-state index in [0.717, 1.165) is 48.1 Å². The Morgan fingerprint density at radius 3 is 2.48 bits per heavy atom. The van der Waals surface area contributed by atoms with Crippen molar-refractivity contribution < 1.29 is 9.47 Å². The first-order valence-electron chi connectivity index (χ1n) is 8.87. The molecule has 0 spiro atoms. The highest BCUT2D eigenvalue weighted by atomic mass is 79.9. The van der Waals surface area contributed by atoms with Gasteiger partial charge in [0.05, 0.1) is 0 Å². The average Bonchev–Trinajstić information content (AvgIpc) is 3.04. The van der Waals surface area contributed by atoms with Crippen LogP contribution in [0, 0.1) is 5.92 Å². The van der Waals surface area contributed by atoms with Crippen LogP contribution >= 0.6 is 15.9 Å². The normalized spacial score (nSPS) is 23.9. The van der Waals surface area contributed by atoms with Gasteiger partial charge in [-0.15, -0.1) is 0 Å². The van der Waals surface area contributed by atoms with E-state index in [4.69, 9.17) is 9.47 Å². The first-order valence-corrected chi connectivity index (χ1v) is 9.66. The van der Waals surface area contributed by atoms with Gasteiger partial charge in [0.25, 0.3) is 0 Å². The van der Waals surface area contributed by atoms with Crippen LogP contribution in [0.25, 0.3) is 0 Å². The lowest BCUT2D eigenvalue weighted by molar-refractivity contribution is 0.103. The lowest BCUT2D eigenvalue weighted by atomic mass is 9.80. The van der Waals surface area contributed by atoms with Crippen LogP contribution in [0.1, 0.15) is 43.7 Å². The Labute approximate surface area is 146 Å². The van der Waals surface area contributed by atoms with E-state index >= 15 is 0 Å². The number of halogens is 1. The van der Waals surface area contributed by atoms with Crippen molar-refractivity contribution in [1.29, 1.82) is 0 Å². The van der Waals surface area contributed by atoms with Gasteiger partial charge in [0.2, 0.25) is 6.79 Å². The molecule has 1 aromatic carbocycles. The third kappa shape index (κ3) is 3.24. The summed E-state index contributed by atoms with van der Waals surface area (Å²) < 4.78 is 12.3. The van der Waals surface area contributed by atoms with E-state index < -0.39 is 0 Å². The van der Waals surface area contributed by atoms with Gasteiger partial charge in [-0.1, -0.05) is 35.2 Å². The molecule has 4 nitrogen and oxygen atoms in total. The van der Waals surface area contributed by atoms with Gasteiger partial charge in [0.1, 0.15) is 0 Å². The maximum atomic E-state index is 5.65. The molecule has 0 amide bonds. The van der Waals surface area contributed by atoms with Crippen LogP contribution in [0.2, 0.25) is 0 Å². The molecule has 126 valence electrons. The minimum absolute atomic E-state index is 0.340. The first-order chi connectivity index (χ1) is 11.3. The molecule has 0 radical (unpaired) electrons. The first kappa shape index (κ1) is 15.7.